The predicted octanol–water partition coefficient (Wildman–Crippen LogP) is 2.28. The number of anilines is 1. The molecule has 0 spiro atoms. The van der Waals surface area contributed by atoms with Crippen molar-refractivity contribution >= 4 is 29.1 Å². The number of rotatable bonds is 5. The van der Waals surface area contributed by atoms with Crippen LogP contribution in [0.2, 0.25) is 0 Å². The lowest BCUT2D eigenvalue weighted by Gasteiger charge is -2.08. The molecule has 4 nitrogen and oxygen atoms in total. The first-order chi connectivity index (χ1) is 9.06. The first-order valence-electron chi connectivity index (χ1n) is 6.38. The third-order valence-corrected chi connectivity index (χ3v) is 3.20. The van der Waals surface area contributed by atoms with E-state index in [0.29, 0.717) is 6.54 Å². The normalized spacial score (nSPS) is 15.7. The fourth-order valence-electron chi connectivity index (χ4n) is 1.63. The van der Waals surface area contributed by atoms with Crippen LogP contribution in [-0.4, -0.2) is 17.2 Å². The van der Waals surface area contributed by atoms with Crippen LogP contribution in [-0.2, 0) is 16.1 Å². The molecule has 0 radical (unpaired) electrons. The SMILES string of the molecule is CC(Cl)C(=O)NCc1ccc(NC(=O)C2CC2)cc1. The van der Waals surface area contributed by atoms with E-state index in [1.807, 2.05) is 24.3 Å². The van der Waals surface area contributed by atoms with Crippen molar-refractivity contribution in [3.05, 3.63) is 29.8 Å². The quantitative estimate of drug-likeness (QED) is 0.813. The van der Waals surface area contributed by atoms with Crippen LogP contribution in [0, 0.1) is 5.92 Å². The summed E-state index contributed by atoms with van der Waals surface area (Å²) >= 11 is 5.65. The first-order valence-corrected chi connectivity index (χ1v) is 6.81. The molecule has 1 unspecified atom stereocenters. The highest BCUT2D eigenvalue weighted by Gasteiger charge is 2.29. The van der Waals surface area contributed by atoms with E-state index < -0.39 is 5.38 Å². The van der Waals surface area contributed by atoms with Gasteiger partial charge in [-0.3, -0.25) is 9.59 Å². The zero-order chi connectivity index (χ0) is 13.8. The van der Waals surface area contributed by atoms with E-state index in [0.717, 1.165) is 24.1 Å². The molecule has 0 aromatic heterocycles. The molecule has 1 aromatic carbocycles. The topological polar surface area (TPSA) is 58.2 Å². The molecular weight excluding hydrogens is 264 g/mol. The van der Waals surface area contributed by atoms with E-state index >= 15 is 0 Å². The Morgan fingerprint density at radius 2 is 1.95 bits per heavy atom. The minimum Gasteiger partial charge on any atom is -0.351 e. The third kappa shape index (κ3) is 4.24. The van der Waals surface area contributed by atoms with Crippen LogP contribution in [0.4, 0.5) is 5.69 Å². The number of hydrogen-bond acceptors (Lipinski definition) is 2. The van der Waals surface area contributed by atoms with Gasteiger partial charge in [0.05, 0.1) is 0 Å². The molecule has 1 aliphatic carbocycles. The number of hydrogen-bond donors (Lipinski definition) is 2. The average molecular weight is 281 g/mol. The first kappa shape index (κ1) is 13.9. The number of nitrogens with one attached hydrogen (secondary N) is 2. The van der Waals surface area contributed by atoms with E-state index in [4.69, 9.17) is 11.6 Å². The summed E-state index contributed by atoms with van der Waals surface area (Å²) < 4.78 is 0. The number of alkyl halides is 1. The Labute approximate surface area is 117 Å². The van der Waals surface area contributed by atoms with Gasteiger partial charge >= 0.3 is 0 Å². The van der Waals surface area contributed by atoms with Crippen LogP contribution < -0.4 is 10.6 Å². The van der Waals surface area contributed by atoms with Crippen LogP contribution in [0.15, 0.2) is 24.3 Å². The maximum atomic E-state index is 11.6. The van der Waals surface area contributed by atoms with Gasteiger partial charge in [-0.25, -0.2) is 0 Å². The summed E-state index contributed by atoms with van der Waals surface area (Å²) in [5.41, 5.74) is 1.76. The highest BCUT2D eigenvalue weighted by Crippen LogP contribution is 2.30. The Kier molecular flexibility index (Phi) is 4.43. The number of benzene rings is 1. The van der Waals surface area contributed by atoms with Gasteiger partial charge in [-0.05, 0) is 37.5 Å². The van der Waals surface area contributed by atoms with Crippen molar-refractivity contribution in [2.75, 3.05) is 5.32 Å². The van der Waals surface area contributed by atoms with Crippen molar-refractivity contribution in [3.8, 4) is 0 Å². The molecule has 1 aliphatic rings. The zero-order valence-corrected chi connectivity index (χ0v) is 11.5. The van der Waals surface area contributed by atoms with Crippen molar-refractivity contribution in [3.63, 3.8) is 0 Å². The zero-order valence-electron chi connectivity index (χ0n) is 10.8. The second-order valence-electron chi connectivity index (χ2n) is 4.79. The molecule has 1 saturated carbocycles. The molecule has 2 amide bonds. The van der Waals surface area contributed by atoms with Gasteiger partial charge in [0.2, 0.25) is 11.8 Å². The fourth-order valence-corrected chi connectivity index (χ4v) is 1.70. The van der Waals surface area contributed by atoms with E-state index in [-0.39, 0.29) is 17.7 Å². The van der Waals surface area contributed by atoms with Gasteiger partial charge in [-0.2, -0.15) is 0 Å². The molecule has 1 atom stereocenters. The van der Waals surface area contributed by atoms with E-state index in [2.05, 4.69) is 10.6 Å². The number of carbonyl (C=O) groups is 2. The molecule has 2 rings (SSSR count). The third-order valence-electron chi connectivity index (χ3n) is 3.00. The van der Waals surface area contributed by atoms with Crippen molar-refractivity contribution in [2.45, 2.75) is 31.7 Å². The van der Waals surface area contributed by atoms with Gasteiger partial charge in [0, 0.05) is 18.2 Å². The second-order valence-corrected chi connectivity index (χ2v) is 5.45. The van der Waals surface area contributed by atoms with Gasteiger partial charge < -0.3 is 10.6 Å². The largest absolute Gasteiger partial charge is 0.351 e. The molecule has 1 fully saturated rings. The predicted molar refractivity (Wildman–Crippen MR) is 75.0 cm³/mol. The molecule has 0 bridgehead atoms. The van der Waals surface area contributed by atoms with Crippen molar-refractivity contribution in [2.24, 2.45) is 5.92 Å². The van der Waals surface area contributed by atoms with Crippen LogP contribution in [0.3, 0.4) is 0 Å². The maximum absolute atomic E-state index is 11.6. The van der Waals surface area contributed by atoms with Gasteiger partial charge in [-0.1, -0.05) is 12.1 Å². The van der Waals surface area contributed by atoms with Crippen molar-refractivity contribution in [1.82, 2.24) is 5.32 Å². The van der Waals surface area contributed by atoms with Crippen LogP contribution in [0.5, 0.6) is 0 Å². The Morgan fingerprint density at radius 1 is 1.32 bits per heavy atom. The Morgan fingerprint density at radius 3 is 2.47 bits per heavy atom. The fraction of sp³-hybridized carbons (Fsp3) is 0.429. The molecular formula is C14H17ClN2O2. The summed E-state index contributed by atoms with van der Waals surface area (Å²) in [7, 11) is 0. The molecule has 102 valence electrons. The van der Waals surface area contributed by atoms with Crippen LogP contribution >= 0.6 is 11.6 Å². The van der Waals surface area contributed by atoms with Crippen molar-refractivity contribution in [1.29, 1.82) is 0 Å². The maximum Gasteiger partial charge on any atom is 0.238 e. The summed E-state index contributed by atoms with van der Waals surface area (Å²) in [6.07, 6.45) is 1.99. The standard InChI is InChI=1S/C14H17ClN2O2/c1-9(15)13(18)16-8-10-2-6-12(7-3-10)17-14(19)11-4-5-11/h2-3,6-7,9,11H,4-5,8H2,1H3,(H,16,18)(H,17,19). The minimum absolute atomic E-state index is 0.0945. The second kappa shape index (κ2) is 6.06. The summed E-state index contributed by atoms with van der Waals surface area (Å²) in [6, 6.07) is 7.43. The van der Waals surface area contributed by atoms with E-state index in [1.165, 1.54) is 0 Å². The van der Waals surface area contributed by atoms with Crippen molar-refractivity contribution < 1.29 is 9.59 Å². The summed E-state index contributed by atoms with van der Waals surface area (Å²) in [5, 5.41) is 5.06. The van der Waals surface area contributed by atoms with Gasteiger partial charge in [0.25, 0.3) is 0 Å². The molecule has 1 aromatic rings. The Hall–Kier alpha value is -1.55. The lowest BCUT2D eigenvalue weighted by Crippen LogP contribution is -2.28. The summed E-state index contributed by atoms with van der Waals surface area (Å²) in [4.78, 5) is 22.9. The van der Waals surface area contributed by atoms with E-state index in [9.17, 15) is 9.59 Å². The smallest absolute Gasteiger partial charge is 0.238 e. The summed E-state index contributed by atoms with van der Waals surface area (Å²) in [5.74, 6) is 0.106. The molecule has 0 heterocycles. The number of amides is 2. The average Bonchev–Trinajstić information content (AvgIpc) is 3.21. The molecule has 0 saturated heterocycles. The van der Waals surface area contributed by atoms with Gasteiger partial charge in [0.1, 0.15) is 5.38 Å². The monoisotopic (exact) mass is 280 g/mol. The summed E-state index contributed by atoms with van der Waals surface area (Å²) in [6.45, 7) is 2.07. The molecule has 19 heavy (non-hydrogen) atoms. The lowest BCUT2D eigenvalue weighted by atomic mass is 10.2. The number of carbonyl (C=O) groups excluding carboxylic acids is 2. The lowest BCUT2D eigenvalue weighted by molar-refractivity contribution is -0.120. The van der Waals surface area contributed by atoms with Crippen LogP contribution in [0.1, 0.15) is 25.3 Å². The van der Waals surface area contributed by atoms with Crippen LogP contribution in [0.25, 0.3) is 0 Å². The van der Waals surface area contributed by atoms with Gasteiger partial charge in [0.15, 0.2) is 0 Å². The highest BCUT2D eigenvalue weighted by atomic mass is 35.5. The molecule has 0 aliphatic heterocycles. The molecule has 2 N–H and O–H groups in total. The highest BCUT2D eigenvalue weighted by molar-refractivity contribution is 6.30. The van der Waals surface area contributed by atoms with E-state index in [1.54, 1.807) is 6.92 Å². The minimum atomic E-state index is -0.530. The Bertz CT molecular complexity index is 467. The van der Waals surface area contributed by atoms with Gasteiger partial charge in [-0.15, -0.1) is 11.6 Å². The molecule has 5 heteroatoms. The number of halogens is 1. The Balaban J connectivity index is 1.83.